The molecule has 0 atom stereocenters. The maximum Gasteiger partial charge on any atom is 0.337 e. The molecule has 0 fully saturated rings. The Kier molecular flexibility index (Phi) is 11.3. The van der Waals surface area contributed by atoms with Crippen LogP contribution in [0, 0.1) is 0 Å². The van der Waals surface area contributed by atoms with Crippen molar-refractivity contribution in [2.24, 2.45) is 0 Å². The average Bonchev–Trinajstić information content (AvgIpc) is 2.54. The van der Waals surface area contributed by atoms with E-state index in [-0.39, 0.29) is 5.97 Å². The summed E-state index contributed by atoms with van der Waals surface area (Å²) in [7, 11) is 0. The van der Waals surface area contributed by atoms with E-state index in [1.807, 2.05) is 36.4 Å². The highest BCUT2D eigenvalue weighted by Crippen LogP contribution is 2.05. The summed E-state index contributed by atoms with van der Waals surface area (Å²) in [6.07, 6.45) is 8.72. The monoisotopic (exact) mass is 284 g/mol. The molecule has 0 N–H and O–H groups in total. The summed E-state index contributed by atoms with van der Waals surface area (Å²) < 4.78 is 5.04. The van der Waals surface area contributed by atoms with Crippen LogP contribution >= 0.6 is 0 Å². The van der Waals surface area contributed by atoms with Gasteiger partial charge in [-0.25, -0.2) is 4.79 Å². The van der Waals surface area contributed by atoms with Crippen LogP contribution in [0.4, 0.5) is 0 Å². The Morgan fingerprint density at radius 3 is 2.33 bits per heavy atom. The van der Waals surface area contributed by atoms with Gasteiger partial charge in [-0.05, 0) is 18.1 Å². The molecule has 2 heteroatoms. The molecule has 21 heavy (non-hydrogen) atoms. The molecule has 0 aliphatic carbocycles. The molecule has 0 saturated heterocycles. The van der Waals surface area contributed by atoms with E-state index in [4.69, 9.17) is 4.74 Å². The molecule has 0 unspecified atom stereocenters. The predicted octanol–water partition coefficient (Wildman–Crippen LogP) is 4.96. The lowest BCUT2D eigenvalue weighted by Gasteiger charge is -2.02. The highest BCUT2D eigenvalue weighted by molar-refractivity contribution is 5.92. The number of ether oxygens (including phenoxy) is 1. The van der Waals surface area contributed by atoms with Crippen LogP contribution in [0.1, 0.15) is 25.3 Å². The lowest BCUT2D eigenvalue weighted by molar-refractivity contribution is -0.138. The number of unbranched alkanes of at least 4 members (excludes halogenated alkanes) is 1. The highest BCUT2D eigenvalue weighted by atomic mass is 16.5. The average molecular weight is 284 g/mol. The van der Waals surface area contributed by atoms with E-state index >= 15 is 0 Å². The number of benzene rings is 1. The Morgan fingerprint density at radius 2 is 1.81 bits per heavy atom. The van der Waals surface area contributed by atoms with Crippen molar-refractivity contribution in [3.8, 4) is 0 Å². The van der Waals surface area contributed by atoms with Gasteiger partial charge in [0.1, 0.15) is 0 Å². The molecular weight excluding hydrogens is 260 g/mol. The molecule has 0 heterocycles. The van der Waals surface area contributed by atoms with Crippen molar-refractivity contribution in [3.05, 3.63) is 79.4 Å². The van der Waals surface area contributed by atoms with E-state index < -0.39 is 0 Å². The Morgan fingerprint density at radius 1 is 1.19 bits per heavy atom. The van der Waals surface area contributed by atoms with Crippen molar-refractivity contribution in [2.75, 3.05) is 6.61 Å². The van der Waals surface area contributed by atoms with Crippen molar-refractivity contribution >= 4 is 12.0 Å². The second-order valence-electron chi connectivity index (χ2n) is 4.23. The largest absolute Gasteiger partial charge is 0.462 e. The summed E-state index contributed by atoms with van der Waals surface area (Å²) in [6, 6.07) is 9.77. The quantitative estimate of drug-likeness (QED) is 0.306. The molecule has 0 saturated carbocycles. The van der Waals surface area contributed by atoms with Gasteiger partial charge < -0.3 is 4.74 Å². The third-order valence-electron chi connectivity index (χ3n) is 2.44. The van der Waals surface area contributed by atoms with Gasteiger partial charge in [0.15, 0.2) is 0 Å². The Labute approximate surface area is 128 Å². The van der Waals surface area contributed by atoms with Crippen molar-refractivity contribution in [3.63, 3.8) is 0 Å². The molecule has 0 radical (unpaired) electrons. The van der Waals surface area contributed by atoms with Gasteiger partial charge in [-0.2, -0.15) is 0 Å². The van der Waals surface area contributed by atoms with E-state index in [1.165, 1.54) is 0 Å². The maximum absolute atomic E-state index is 11.5. The molecule has 1 rings (SSSR count). The number of hydrogen-bond acceptors (Lipinski definition) is 2. The van der Waals surface area contributed by atoms with E-state index in [9.17, 15) is 4.79 Å². The predicted molar refractivity (Wildman–Crippen MR) is 90.9 cm³/mol. The minimum absolute atomic E-state index is 0.342. The maximum atomic E-state index is 11.5. The van der Waals surface area contributed by atoms with Crippen LogP contribution in [0.3, 0.4) is 0 Å². The molecule has 2 nitrogen and oxygen atoms in total. The lowest BCUT2D eigenvalue weighted by atomic mass is 10.2. The number of hydrogen-bond donors (Lipinski definition) is 0. The summed E-state index contributed by atoms with van der Waals surface area (Å²) in [6.45, 7) is 12.9. The van der Waals surface area contributed by atoms with Gasteiger partial charge in [0.2, 0.25) is 0 Å². The molecule has 112 valence electrons. The fourth-order valence-electron chi connectivity index (χ4n) is 1.23. The zero-order valence-corrected chi connectivity index (χ0v) is 12.8. The van der Waals surface area contributed by atoms with Crippen LogP contribution in [0.25, 0.3) is 6.08 Å². The highest BCUT2D eigenvalue weighted by Gasteiger charge is 2.03. The summed E-state index contributed by atoms with van der Waals surface area (Å²) >= 11 is 0. The molecule has 1 aromatic rings. The third-order valence-corrected chi connectivity index (χ3v) is 2.44. The molecule has 0 aliphatic rings. The van der Waals surface area contributed by atoms with Crippen LogP contribution in [0.2, 0.25) is 0 Å². The fourth-order valence-corrected chi connectivity index (χ4v) is 1.23. The van der Waals surface area contributed by atoms with E-state index in [1.54, 1.807) is 18.2 Å². The van der Waals surface area contributed by atoms with E-state index in [2.05, 4.69) is 26.7 Å². The zero-order valence-electron chi connectivity index (χ0n) is 12.8. The second-order valence-corrected chi connectivity index (χ2v) is 4.23. The number of carbonyl (C=O) groups is 1. The van der Waals surface area contributed by atoms with E-state index in [0.717, 1.165) is 18.4 Å². The topological polar surface area (TPSA) is 26.3 Å². The molecular formula is C19H24O2. The van der Waals surface area contributed by atoms with Crippen molar-refractivity contribution in [2.45, 2.75) is 19.8 Å². The Balaban J connectivity index is 0.000000885. The first-order valence-electron chi connectivity index (χ1n) is 6.98. The summed E-state index contributed by atoms with van der Waals surface area (Å²) in [5.41, 5.74) is 1.42. The van der Waals surface area contributed by atoms with Gasteiger partial charge in [0.05, 0.1) is 12.2 Å². The van der Waals surface area contributed by atoms with Crippen LogP contribution in [0.5, 0.6) is 0 Å². The third kappa shape index (κ3) is 10.1. The van der Waals surface area contributed by atoms with Crippen molar-refractivity contribution in [1.82, 2.24) is 0 Å². The fraction of sp³-hybridized carbons (Fsp3) is 0.211. The van der Waals surface area contributed by atoms with Gasteiger partial charge >= 0.3 is 5.97 Å². The van der Waals surface area contributed by atoms with Crippen molar-refractivity contribution < 1.29 is 9.53 Å². The minimum atomic E-state index is -0.342. The molecule has 0 amide bonds. The Bertz CT molecular complexity index is 464. The summed E-state index contributed by atoms with van der Waals surface area (Å²) in [5, 5.41) is 0. The number of allylic oxidation sites excluding steroid dienone is 2. The summed E-state index contributed by atoms with van der Waals surface area (Å²) in [4.78, 5) is 11.5. The minimum Gasteiger partial charge on any atom is -0.462 e. The Hall–Kier alpha value is -2.35. The molecule has 0 aromatic heterocycles. The van der Waals surface area contributed by atoms with Crippen LogP contribution in [-0.4, -0.2) is 12.6 Å². The molecule has 0 spiro atoms. The molecule has 0 bridgehead atoms. The first-order chi connectivity index (χ1) is 10.2. The lowest BCUT2D eigenvalue weighted by Crippen LogP contribution is -2.06. The smallest absolute Gasteiger partial charge is 0.337 e. The second kappa shape index (κ2) is 12.7. The molecule has 1 aromatic carbocycles. The number of rotatable bonds is 7. The standard InChI is InChI=1S/C15H18O2.C4H6/c1-3-4-12-17-15(16)13(2)10-11-14-8-6-5-7-9-14;1-3-4-2/h5-11H,2-4,12H2,1H3;3-4H,1-2H2. The number of carbonyl (C=O) groups excluding carboxylic acids is 1. The zero-order chi connectivity index (χ0) is 15.9. The van der Waals surface area contributed by atoms with Crippen LogP contribution in [-0.2, 0) is 9.53 Å². The van der Waals surface area contributed by atoms with Crippen LogP contribution in [0.15, 0.2) is 73.9 Å². The van der Waals surface area contributed by atoms with Gasteiger partial charge in [-0.1, -0.05) is 81.6 Å². The van der Waals surface area contributed by atoms with E-state index in [0.29, 0.717) is 12.2 Å². The van der Waals surface area contributed by atoms with Gasteiger partial charge in [0.25, 0.3) is 0 Å². The SMILES string of the molecule is C=C(C=Cc1ccccc1)C(=O)OCCCC.C=CC=C. The molecule has 0 aliphatic heterocycles. The van der Waals surface area contributed by atoms with Crippen LogP contribution < -0.4 is 0 Å². The van der Waals surface area contributed by atoms with Gasteiger partial charge in [-0.3, -0.25) is 0 Å². The number of esters is 1. The first-order valence-corrected chi connectivity index (χ1v) is 6.98. The first kappa shape index (κ1) is 18.6. The van der Waals surface area contributed by atoms with Crippen molar-refractivity contribution in [1.29, 1.82) is 0 Å². The summed E-state index contributed by atoms with van der Waals surface area (Å²) in [5.74, 6) is -0.342. The van der Waals surface area contributed by atoms with Gasteiger partial charge in [0, 0.05) is 0 Å². The normalized spacial score (nSPS) is 9.38. The van der Waals surface area contributed by atoms with Gasteiger partial charge in [-0.15, -0.1) is 0 Å².